The number of carbonyl (C=O) groups excluding carboxylic acids is 1. The molecule has 0 aliphatic heterocycles. The highest BCUT2D eigenvalue weighted by Crippen LogP contribution is 2.40. The average molecular weight is 353 g/mol. The maximum Gasteiger partial charge on any atom is 0.230 e. The van der Waals surface area contributed by atoms with Crippen molar-refractivity contribution in [1.29, 1.82) is 0 Å². The van der Waals surface area contributed by atoms with Gasteiger partial charge in [0.15, 0.2) is 0 Å². The number of halogens is 1. The van der Waals surface area contributed by atoms with E-state index >= 15 is 0 Å². The first kappa shape index (κ1) is 18.6. The van der Waals surface area contributed by atoms with Crippen LogP contribution in [0.5, 0.6) is 0 Å². The van der Waals surface area contributed by atoms with Crippen molar-refractivity contribution in [2.24, 2.45) is 0 Å². The molecule has 1 N–H and O–H groups in total. The van der Waals surface area contributed by atoms with Crippen LogP contribution in [-0.4, -0.2) is 12.5 Å². The summed E-state index contributed by atoms with van der Waals surface area (Å²) >= 11 is 0. The maximum atomic E-state index is 13.7. The van der Waals surface area contributed by atoms with Crippen molar-refractivity contribution in [2.45, 2.75) is 56.8 Å². The molecule has 3 heteroatoms. The molecule has 2 aromatic rings. The predicted octanol–water partition coefficient (Wildman–Crippen LogP) is 5.17. The van der Waals surface area contributed by atoms with E-state index in [0.29, 0.717) is 6.54 Å². The van der Waals surface area contributed by atoms with Gasteiger partial charge in [-0.3, -0.25) is 4.79 Å². The average Bonchev–Trinajstić information content (AvgIpc) is 2.69. The Labute approximate surface area is 155 Å². The van der Waals surface area contributed by atoms with Gasteiger partial charge < -0.3 is 5.32 Å². The number of unbranched alkanes of at least 4 members (excludes halogenated alkanes) is 1. The van der Waals surface area contributed by atoms with E-state index in [1.165, 1.54) is 11.6 Å². The molecule has 0 unspecified atom stereocenters. The second kappa shape index (κ2) is 8.98. The summed E-state index contributed by atoms with van der Waals surface area (Å²) in [5.41, 5.74) is 1.61. The van der Waals surface area contributed by atoms with Crippen LogP contribution in [0.25, 0.3) is 0 Å². The Kier molecular flexibility index (Phi) is 6.43. The third-order valence-electron chi connectivity index (χ3n) is 5.54. The predicted molar refractivity (Wildman–Crippen MR) is 104 cm³/mol. The van der Waals surface area contributed by atoms with Gasteiger partial charge in [-0.05, 0) is 55.4 Å². The molecular weight excluding hydrogens is 325 g/mol. The third-order valence-corrected chi connectivity index (χ3v) is 5.54. The zero-order chi connectivity index (χ0) is 18.2. The minimum Gasteiger partial charge on any atom is -0.355 e. The van der Waals surface area contributed by atoms with Gasteiger partial charge in [0, 0.05) is 6.54 Å². The molecule has 26 heavy (non-hydrogen) atoms. The van der Waals surface area contributed by atoms with Crippen LogP contribution in [0.2, 0.25) is 0 Å². The van der Waals surface area contributed by atoms with Crippen molar-refractivity contribution < 1.29 is 9.18 Å². The SMILES string of the molecule is O=C(NCCCCc1ccccc1)C1(c2cccc(F)c2)CCCCC1. The normalized spacial score (nSPS) is 16.2. The molecule has 0 aromatic heterocycles. The van der Waals surface area contributed by atoms with Crippen LogP contribution in [0.3, 0.4) is 0 Å². The topological polar surface area (TPSA) is 29.1 Å². The molecule has 2 aromatic carbocycles. The molecule has 0 bridgehead atoms. The minimum absolute atomic E-state index is 0.0718. The summed E-state index contributed by atoms with van der Waals surface area (Å²) < 4.78 is 13.7. The Balaban J connectivity index is 1.56. The van der Waals surface area contributed by atoms with Crippen LogP contribution < -0.4 is 5.32 Å². The molecule has 1 aliphatic carbocycles. The van der Waals surface area contributed by atoms with E-state index in [4.69, 9.17) is 0 Å². The Morgan fingerprint density at radius 3 is 2.46 bits per heavy atom. The second-order valence-corrected chi connectivity index (χ2v) is 7.35. The van der Waals surface area contributed by atoms with Gasteiger partial charge in [-0.15, -0.1) is 0 Å². The molecule has 1 fully saturated rings. The van der Waals surface area contributed by atoms with E-state index in [0.717, 1.165) is 56.9 Å². The summed E-state index contributed by atoms with van der Waals surface area (Å²) in [6.45, 7) is 0.683. The maximum absolute atomic E-state index is 13.7. The quantitative estimate of drug-likeness (QED) is 0.684. The van der Waals surface area contributed by atoms with Crippen LogP contribution in [0.1, 0.15) is 56.1 Å². The number of nitrogens with one attached hydrogen (secondary N) is 1. The van der Waals surface area contributed by atoms with Gasteiger partial charge in [0.25, 0.3) is 0 Å². The fraction of sp³-hybridized carbons (Fsp3) is 0.435. The van der Waals surface area contributed by atoms with Gasteiger partial charge in [-0.2, -0.15) is 0 Å². The van der Waals surface area contributed by atoms with Crippen molar-refractivity contribution in [2.75, 3.05) is 6.54 Å². The third kappa shape index (κ3) is 4.51. The Morgan fingerprint density at radius 2 is 1.73 bits per heavy atom. The summed E-state index contributed by atoms with van der Waals surface area (Å²) in [6, 6.07) is 17.0. The molecule has 0 atom stereocenters. The molecule has 138 valence electrons. The molecular formula is C23H28FNO. The number of aryl methyl sites for hydroxylation is 1. The zero-order valence-corrected chi connectivity index (χ0v) is 15.3. The first-order valence-corrected chi connectivity index (χ1v) is 9.79. The first-order chi connectivity index (χ1) is 12.7. The van der Waals surface area contributed by atoms with E-state index in [2.05, 4.69) is 29.6 Å². The molecule has 0 radical (unpaired) electrons. The Hall–Kier alpha value is -2.16. The van der Waals surface area contributed by atoms with Crippen molar-refractivity contribution in [3.63, 3.8) is 0 Å². The van der Waals surface area contributed by atoms with Crippen molar-refractivity contribution in [1.82, 2.24) is 5.32 Å². The summed E-state index contributed by atoms with van der Waals surface area (Å²) in [6.07, 6.45) is 7.87. The van der Waals surface area contributed by atoms with E-state index < -0.39 is 5.41 Å². The number of hydrogen-bond acceptors (Lipinski definition) is 1. The lowest BCUT2D eigenvalue weighted by Crippen LogP contribution is -2.46. The standard InChI is InChI=1S/C23H28FNO/c24-21-14-9-13-20(18-21)23(15-6-2-7-16-23)22(26)25-17-8-5-12-19-10-3-1-4-11-19/h1,3-4,9-11,13-14,18H,2,5-8,12,15-17H2,(H,25,26). The highest BCUT2D eigenvalue weighted by molar-refractivity contribution is 5.88. The lowest BCUT2D eigenvalue weighted by Gasteiger charge is -2.36. The van der Waals surface area contributed by atoms with Crippen molar-refractivity contribution in [3.05, 3.63) is 71.5 Å². The van der Waals surface area contributed by atoms with Gasteiger partial charge in [0.1, 0.15) is 5.82 Å². The fourth-order valence-electron chi connectivity index (χ4n) is 4.06. The lowest BCUT2D eigenvalue weighted by molar-refractivity contribution is -0.128. The number of amides is 1. The summed E-state index contributed by atoms with van der Waals surface area (Å²) in [5, 5.41) is 3.14. The number of hydrogen-bond donors (Lipinski definition) is 1. The molecule has 1 aliphatic rings. The molecule has 0 saturated heterocycles. The smallest absolute Gasteiger partial charge is 0.230 e. The van der Waals surface area contributed by atoms with E-state index in [1.54, 1.807) is 12.1 Å². The van der Waals surface area contributed by atoms with Gasteiger partial charge in [-0.25, -0.2) is 4.39 Å². The van der Waals surface area contributed by atoms with Crippen molar-refractivity contribution >= 4 is 5.91 Å². The largest absolute Gasteiger partial charge is 0.355 e. The van der Waals surface area contributed by atoms with E-state index in [9.17, 15) is 9.18 Å². The Morgan fingerprint density at radius 1 is 0.962 bits per heavy atom. The number of benzene rings is 2. The summed E-state index contributed by atoms with van der Waals surface area (Å²) in [4.78, 5) is 13.0. The monoisotopic (exact) mass is 353 g/mol. The molecule has 0 spiro atoms. The first-order valence-electron chi connectivity index (χ1n) is 9.79. The lowest BCUT2D eigenvalue weighted by atomic mass is 9.68. The van der Waals surface area contributed by atoms with E-state index in [-0.39, 0.29) is 11.7 Å². The molecule has 1 saturated carbocycles. The second-order valence-electron chi connectivity index (χ2n) is 7.35. The molecule has 3 rings (SSSR count). The van der Waals surface area contributed by atoms with Crippen LogP contribution >= 0.6 is 0 Å². The van der Waals surface area contributed by atoms with Crippen molar-refractivity contribution in [3.8, 4) is 0 Å². The molecule has 1 amide bonds. The van der Waals surface area contributed by atoms with Crippen LogP contribution in [-0.2, 0) is 16.6 Å². The van der Waals surface area contributed by atoms with Crippen LogP contribution in [0.4, 0.5) is 4.39 Å². The highest BCUT2D eigenvalue weighted by Gasteiger charge is 2.40. The highest BCUT2D eigenvalue weighted by atomic mass is 19.1. The Bertz CT molecular complexity index is 707. The fourth-order valence-corrected chi connectivity index (χ4v) is 4.06. The van der Waals surface area contributed by atoms with Crippen LogP contribution in [0.15, 0.2) is 54.6 Å². The van der Waals surface area contributed by atoms with Crippen LogP contribution in [0, 0.1) is 5.82 Å². The van der Waals surface area contributed by atoms with E-state index in [1.807, 2.05) is 12.1 Å². The minimum atomic E-state index is -0.556. The molecule has 2 nitrogen and oxygen atoms in total. The van der Waals surface area contributed by atoms with Gasteiger partial charge in [0.05, 0.1) is 5.41 Å². The number of carbonyl (C=O) groups is 1. The van der Waals surface area contributed by atoms with Gasteiger partial charge in [0.2, 0.25) is 5.91 Å². The van der Waals surface area contributed by atoms with Gasteiger partial charge >= 0.3 is 0 Å². The summed E-state index contributed by atoms with van der Waals surface area (Å²) in [7, 11) is 0. The zero-order valence-electron chi connectivity index (χ0n) is 15.3. The van der Waals surface area contributed by atoms with Gasteiger partial charge in [-0.1, -0.05) is 61.7 Å². The molecule has 0 heterocycles. The number of rotatable bonds is 7. The summed E-state index contributed by atoms with van der Waals surface area (Å²) in [5.74, 6) is -0.189.